The molecule has 0 spiro atoms. The van der Waals surface area contributed by atoms with Crippen LogP contribution >= 0.6 is 0 Å². The topological polar surface area (TPSA) is 75.7 Å². The van der Waals surface area contributed by atoms with Gasteiger partial charge in [-0.25, -0.2) is 0 Å². The number of carboxylic acid groups (broad SMARTS) is 1. The molecular weight excluding hydrogens is 242 g/mol. The van der Waals surface area contributed by atoms with Gasteiger partial charge in [0.2, 0.25) is 0 Å². The van der Waals surface area contributed by atoms with Crippen molar-refractivity contribution in [1.29, 1.82) is 0 Å². The Balaban J connectivity index is 2.26. The van der Waals surface area contributed by atoms with Gasteiger partial charge >= 0.3 is 6.09 Å². The molecule has 0 bridgehead atoms. The van der Waals surface area contributed by atoms with Crippen LogP contribution in [0.25, 0.3) is 0 Å². The van der Waals surface area contributed by atoms with Gasteiger partial charge in [-0.3, -0.25) is 0 Å². The summed E-state index contributed by atoms with van der Waals surface area (Å²) in [7, 11) is 0. The Labute approximate surface area is 109 Å². The number of hydrogen-bond donors (Lipinski definition) is 2. The summed E-state index contributed by atoms with van der Waals surface area (Å²) in [6, 6.07) is 14.0. The zero-order valence-corrected chi connectivity index (χ0v) is 10.0. The molecule has 1 heterocycles. The fourth-order valence-electron chi connectivity index (χ4n) is 2.26. The average molecular weight is 254 g/mol. The van der Waals surface area contributed by atoms with Crippen molar-refractivity contribution in [3.63, 3.8) is 0 Å². The Bertz CT molecular complexity index is 679. The van der Waals surface area contributed by atoms with Crippen LogP contribution in [0.4, 0.5) is 21.9 Å². The summed E-state index contributed by atoms with van der Waals surface area (Å²) in [6.07, 6.45) is 0.533. The van der Waals surface area contributed by atoms with Crippen LogP contribution in [0.5, 0.6) is 0 Å². The van der Waals surface area contributed by atoms with E-state index < -0.39 is 10.7 Å². The summed E-state index contributed by atoms with van der Waals surface area (Å²) in [5, 5.41) is 13.9. The molecule has 5 nitrogen and oxygen atoms in total. The monoisotopic (exact) mass is 254 g/mol. The van der Waals surface area contributed by atoms with Crippen molar-refractivity contribution in [2.24, 2.45) is 5.10 Å². The molecule has 0 aromatic heterocycles. The number of anilines is 1. The third kappa shape index (κ3) is 1.52. The van der Waals surface area contributed by atoms with Gasteiger partial charge in [-0.2, -0.15) is 4.79 Å². The van der Waals surface area contributed by atoms with Crippen LogP contribution in [-0.4, -0.2) is 17.4 Å². The van der Waals surface area contributed by atoms with Crippen molar-refractivity contribution in [2.75, 3.05) is 5.73 Å². The molecule has 0 fully saturated rings. The molecule has 2 aromatic rings. The molecule has 0 saturated carbocycles. The first-order chi connectivity index (χ1) is 9.14. The quantitative estimate of drug-likeness (QED) is 0.606. The third-order valence-corrected chi connectivity index (χ3v) is 3.20. The second-order valence-corrected chi connectivity index (χ2v) is 4.31. The largest absolute Gasteiger partial charge is 0.551 e. The Morgan fingerprint density at radius 2 is 1.79 bits per heavy atom. The van der Waals surface area contributed by atoms with Gasteiger partial charge in [-0.05, 0) is 22.8 Å². The van der Waals surface area contributed by atoms with Gasteiger partial charge in [-0.15, -0.1) is 0 Å². The highest BCUT2D eigenvalue weighted by Gasteiger charge is 2.47. The lowest BCUT2D eigenvalue weighted by Crippen LogP contribution is -2.42. The lowest BCUT2D eigenvalue weighted by molar-refractivity contribution is 0.168. The first-order valence-corrected chi connectivity index (χ1v) is 5.78. The molecule has 19 heavy (non-hydrogen) atoms. The zero-order valence-electron chi connectivity index (χ0n) is 10.0. The number of nitrogens with two attached hydrogens (primary N) is 1. The minimum atomic E-state index is -1.05. The number of carbonyl (C=O) groups is 1. The number of rotatable bonds is 1. The summed E-state index contributed by atoms with van der Waals surface area (Å²) >= 11 is 0. The Morgan fingerprint density at radius 1 is 1.11 bits per heavy atom. The molecular formula is C14H12N3O2+. The van der Waals surface area contributed by atoms with E-state index in [1.54, 1.807) is 42.6 Å². The van der Waals surface area contributed by atoms with Gasteiger partial charge < -0.3 is 10.8 Å². The summed E-state index contributed by atoms with van der Waals surface area (Å²) in [5.41, 5.74) is 8.21. The van der Waals surface area contributed by atoms with Gasteiger partial charge in [0.1, 0.15) is 0 Å². The molecule has 1 amide bonds. The highest BCUT2D eigenvalue weighted by molar-refractivity contribution is 6.02. The maximum Gasteiger partial charge on any atom is 0.551 e. The minimum Gasteiger partial charge on any atom is -0.433 e. The van der Waals surface area contributed by atoms with Gasteiger partial charge in [0.25, 0.3) is 0 Å². The predicted molar refractivity (Wildman–Crippen MR) is 74.4 cm³/mol. The molecule has 1 aliphatic rings. The van der Waals surface area contributed by atoms with E-state index in [0.29, 0.717) is 17.1 Å². The SMILES string of the molecule is Nc1ccc([N+]2(C(=O)O)N=Cc3ccccc32)cc1. The molecule has 5 heteroatoms. The number of hydrogen-bond acceptors (Lipinski definition) is 3. The molecule has 94 valence electrons. The van der Waals surface area contributed by atoms with E-state index >= 15 is 0 Å². The van der Waals surface area contributed by atoms with E-state index in [-0.39, 0.29) is 0 Å². The van der Waals surface area contributed by atoms with Gasteiger partial charge in [0.05, 0.1) is 11.8 Å². The van der Waals surface area contributed by atoms with Gasteiger partial charge in [0.15, 0.2) is 11.4 Å². The number of nitrogens with zero attached hydrogens (tertiary/aromatic N) is 2. The van der Waals surface area contributed by atoms with Crippen LogP contribution in [0.15, 0.2) is 53.6 Å². The number of fused-ring (bicyclic) bond motifs is 1. The van der Waals surface area contributed by atoms with Crippen molar-refractivity contribution in [3.05, 3.63) is 54.1 Å². The van der Waals surface area contributed by atoms with Crippen LogP contribution in [0.2, 0.25) is 0 Å². The van der Waals surface area contributed by atoms with E-state index in [0.717, 1.165) is 5.56 Å². The number of benzene rings is 2. The molecule has 3 rings (SSSR count). The van der Waals surface area contributed by atoms with Crippen LogP contribution in [0.1, 0.15) is 5.56 Å². The molecule has 3 N–H and O–H groups in total. The van der Waals surface area contributed by atoms with E-state index in [1.807, 2.05) is 12.1 Å². The first kappa shape index (κ1) is 11.4. The van der Waals surface area contributed by atoms with Crippen molar-refractivity contribution in [2.45, 2.75) is 0 Å². The van der Waals surface area contributed by atoms with Crippen molar-refractivity contribution < 1.29 is 9.90 Å². The van der Waals surface area contributed by atoms with Crippen molar-refractivity contribution >= 4 is 29.4 Å². The molecule has 0 saturated heterocycles. The Hall–Kier alpha value is -2.66. The molecule has 1 unspecified atom stereocenters. The minimum absolute atomic E-state index is 0.544. The Kier molecular flexibility index (Phi) is 2.36. The summed E-state index contributed by atoms with van der Waals surface area (Å²) in [5.74, 6) is 0. The summed E-state index contributed by atoms with van der Waals surface area (Å²) in [4.78, 5) is 11.8. The van der Waals surface area contributed by atoms with E-state index in [9.17, 15) is 9.90 Å². The summed E-state index contributed by atoms with van der Waals surface area (Å²) in [6.45, 7) is 0. The van der Waals surface area contributed by atoms with E-state index in [2.05, 4.69) is 5.10 Å². The zero-order chi connectivity index (χ0) is 13.5. The predicted octanol–water partition coefficient (Wildman–Crippen LogP) is 2.93. The normalized spacial score (nSPS) is 20.2. The second kappa shape index (κ2) is 3.93. The highest BCUT2D eigenvalue weighted by atomic mass is 16.4. The number of amides is 1. The summed E-state index contributed by atoms with van der Waals surface area (Å²) < 4.78 is -0.573. The van der Waals surface area contributed by atoms with Crippen molar-refractivity contribution in [3.8, 4) is 0 Å². The van der Waals surface area contributed by atoms with E-state index in [1.165, 1.54) is 0 Å². The molecule has 1 atom stereocenters. The standard InChI is InChI=1S/C14H11N3O2/c15-11-5-7-12(8-6-11)17(14(18)19)13-4-2-1-3-10(13)9-16-17/h1-9H,15H2/p+1. The maximum absolute atomic E-state index is 11.8. The lowest BCUT2D eigenvalue weighted by atomic mass is 10.1. The molecule has 0 radical (unpaired) electrons. The fraction of sp³-hybridized carbons (Fsp3) is 0. The fourth-order valence-corrected chi connectivity index (χ4v) is 2.26. The number of nitrogen functional groups attached to an aromatic ring is 1. The van der Waals surface area contributed by atoms with Gasteiger partial charge in [0, 0.05) is 23.9 Å². The smallest absolute Gasteiger partial charge is 0.433 e. The third-order valence-electron chi connectivity index (χ3n) is 3.20. The van der Waals surface area contributed by atoms with Crippen molar-refractivity contribution in [1.82, 2.24) is 4.59 Å². The first-order valence-electron chi connectivity index (χ1n) is 5.78. The number of para-hydroxylation sites is 1. The Morgan fingerprint density at radius 3 is 2.47 bits per heavy atom. The highest BCUT2D eigenvalue weighted by Crippen LogP contribution is 2.41. The average Bonchev–Trinajstić information content (AvgIpc) is 2.80. The molecule has 1 aliphatic heterocycles. The molecule has 0 aliphatic carbocycles. The second-order valence-electron chi connectivity index (χ2n) is 4.31. The number of quaternary nitrogens is 1. The maximum atomic E-state index is 11.8. The van der Waals surface area contributed by atoms with Crippen LogP contribution < -0.4 is 10.3 Å². The van der Waals surface area contributed by atoms with Crippen LogP contribution in [0.3, 0.4) is 0 Å². The lowest BCUT2D eigenvalue weighted by Gasteiger charge is -2.22. The van der Waals surface area contributed by atoms with Crippen LogP contribution in [-0.2, 0) is 0 Å². The van der Waals surface area contributed by atoms with Crippen LogP contribution in [0, 0.1) is 0 Å². The van der Waals surface area contributed by atoms with Gasteiger partial charge in [-0.1, -0.05) is 17.2 Å². The van der Waals surface area contributed by atoms with E-state index in [4.69, 9.17) is 5.73 Å². The molecule has 2 aromatic carbocycles.